The summed E-state index contributed by atoms with van der Waals surface area (Å²) >= 11 is 0. The van der Waals surface area contributed by atoms with Gasteiger partial charge >= 0.3 is 0 Å². The van der Waals surface area contributed by atoms with E-state index in [0.717, 1.165) is 38.9 Å². The second-order valence-electron chi connectivity index (χ2n) is 9.05. The molecule has 0 aliphatic carbocycles. The van der Waals surface area contributed by atoms with Crippen molar-refractivity contribution in [3.63, 3.8) is 0 Å². The third-order valence-corrected chi connectivity index (χ3v) is 5.45. The van der Waals surface area contributed by atoms with Gasteiger partial charge in [0.1, 0.15) is 11.1 Å². The zero-order valence-electron chi connectivity index (χ0n) is 17.4. The molecular weight excluding hydrogens is 356 g/mol. The number of aromatic amines is 1. The van der Waals surface area contributed by atoms with Crippen LogP contribution >= 0.6 is 0 Å². The molecule has 1 aliphatic rings. The Balaban J connectivity index is 1.60. The zero-order chi connectivity index (χ0) is 20.3. The molecule has 0 radical (unpaired) electrons. The van der Waals surface area contributed by atoms with Gasteiger partial charge in [0.15, 0.2) is 0 Å². The summed E-state index contributed by atoms with van der Waals surface area (Å²) in [5.74, 6) is 0.176. The van der Waals surface area contributed by atoms with Crippen molar-refractivity contribution in [1.82, 2.24) is 20.2 Å². The highest BCUT2D eigenvalue weighted by Gasteiger charge is 2.25. The van der Waals surface area contributed by atoms with E-state index in [-0.39, 0.29) is 28.6 Å². The molecule has 3 rings (SSSR count). The average Bonchev–Trinajstić information content (AvgIpc) is 2.79. The minimum atomic E-state index is -0.349. The Bertz CT molecular complexity index is 878. The van der Waals surface area contributed by atoms with E-state index in [1.165, 1.54) is 19.2 Å². The summed E-state index contributed by atoms with van der Waals surface area (Å²) in [5.41, 5.74) is 0.533. The number of H-pyrrole nitrogens is 1. The lowest BCUT2D eigenvalue weighted by Crippen LogP contribution is -2.36. The standard InChI is InChI=1S/C21H32N4O3/c1-14-16(17-18(26)22-13-23-20(17)28-14)19(27)24-15-7-5-10-25(12-8-15)11-6-9-21(2,3)4/h13,15H,5-12H2,1-4H3,(H,24,27)(H,22,23,26). The van der Waals surface area contributed by atoms with Gasteiger partial charge in [-0.3, -0.25) is 9.59 Å². The maximum absolute atomic E-state index is 12.9. The number of hydrogen-bond acceptors (Lipinski definition) is 5. The molecule has 154 valence electrons. The van der Waals surface area contributed by atoms with E-state index in [1.807, 2.05) is 0 Å². The maximum Gasteiger partial charge on any atom is 0.262 e. The number of aryl methyl sites for hydroxylation is 1. The van der Waals surface area contributed by atoms with Gasteiger partial charge in [0.05, 0.1) is 11.9 Å². The first kappa shape index (κ1) is 20.6. The summed E-state index contributed by atoms with van der Waals surface area (Å²) in [6, 6.07) is 0.111. The van der Waals surface area contributed by atoms with Crippen LogP contribution in [0.15, 0.2) is 15.5 Å². The maximum atomic E-state index is 12.9. The molecule has 1 unspecified atom stereocenters. The van der Waals surface area contributed by atoms with Crippen molar-refractivity contribution in [2.24, 2.45) is 5.41 Å². The summed E-state index contributed by atoms with van der Waals surface area (Å²) in [5, 5.41) is 3.35. The molecule has 1 amide bonds. The zero-order valence-corrected chi connectivity index (χ0v) is 17.4. The van der Waals surface area contributed by atoms with Crippen LogP contribution in [0.2, 0.25) is 0 Å². The molecule has 0 bridgehead atoms. The van der Waals surface area contributed by atoms with Crippen molar-refractivity contribution >= 4 is 17.0 Å². The molecule has 1 aliphatic heterocycles. The van der Waals surface area contributed by atoms with Crippen LogP contribution in [0.5, 0.6) is 0 Å². The van der Waals surface area contributed by atoms with Crippen LogP contribution in [0.25, 0.3) is 11.1 Å². The predicted octanol–water partition coefficient (Wildman–Crippen LogP) is 3.24. The molecule has 0 saturated carbocycles. The number of hydrogen-bond donors (Lipinski definition) is 2. The van der Waals surface area contributed by atoms with Crippen molar-refractivity contribution in [2.45, 2.75) is 65.8 Å². The summed E-state index contributed by atoms with van der Waals surface area (Å²) in [6.45, 7) is 11.7. The predicted molar refractivity (Wildman–Crippen MR) is 110 cm³/mol. The van der Waals surface area contributed by atoms with Gasteiger partial charge in [0.2, 0.25) is 5.71 Å². The summed E-state index contributed by atoms with van der Waals surface area (Å²) in [6.07, 6.45) is 6.65. The van der Waals surface area contributed by atoms with Crippen molar-refractivity contribution < 1.29 is 9.21 Å². The number of likely N-dealkylation sites (tertiary alicyclic amines) is 1. The number of furan rings is 1. The molecule has 7 nitrogen and oxygen atoms in total. The topological polar surface area (TPSA) is 91.2 Å². The Morgan fingerprint density at radius 3 is 2.89 bits per heavy atom. The van der Waals surface area contributed by atoms with E-state index in [2.05, 4.69) is 41.0 Å². The van der Waals surface area contributed by atoms with Gasteiger partial charge in [-0.05, 0) is 57.5 Å². The lowest BCUT2D eigenvalue weighted by Gasteiger charge is -2.23. The Kier molecular flexibility index (Phi) is 6.23. The fourth-order valence-electron chi connectivity index (χ4n) is 3.94. The van der Waals surface area contributed by atoms with Gasteiger partial charge in [0, 0.05) is 12.6 Å². The van der Waals surface area contributed by atoms with Crippen molar-refractivity contribution in [2.75, 3.05) is 19.6 Å². The second kappa shape index (κ2) is 8.47. The van der Waals surface area contributed by atoms with Gasteiger partial charge in [-0.2, -0.15) is 0 Å². The number of aromatic nitrogens is 2. The van der Waals surface area contributed by atoms with E-state index >= 15 is 0 Å². The highest BCUT2D eigenvalue weighted by Crippen LogP contribution is 2.23. The summed E-state index contributed by atoms with van der Waals surface area (Å²) in [7, 11) is 0. The Morgan fingerprint density at radius 2 is 2.14 bits per heavy atom. The summed E-state index contributed by atoms with van der Waals surface area (Å²) in [4.78, 5) is 34.0. The summed E-state index contributed by atoms with van der Waals surface area (Å²) < 4.78 is 5.50. The monoisotopic (exact) mass is 388 g/mol. The molecule has 1 fully saturated rings. The van der Waals surface area contributed by atoms with Crippen molar-refractivity contribution in [1.29, 1.82) is 0 Å². The van der Waals surface area contributed by atoms with Gasteiger partial charge < -0.3 is 19.6 Å². The smallest absolute Gasteiger partial charge is 0.262 e. The molecule has 0 spiro atoms. The second-order valence-corrected chi connectivity index (χ2v) is 9.05. The fourth-order valence-corrected chi connectivity index (χ4v) is 3.94. The molecule has 7 heteroatoms. The largest absolute Gasteiger partial charge is 0.442 e. The molecule has 2 aromatic rings. The highest BCUT2D eigenvalue weighted by atomic mass is 16.3. The molecule has 1 atom stereocenters. The number of amides is 1. The lowest BCUT2D eigenvalue weighted by atomic mass is 9.90. The molecule has 3 heterocycles. The van der Waals surface area contributed by atoms with Crippen LogP contribution in [-0.4, -0.2) is 46.5 Å². The molecule has 2 N–H and O–H groups in total. The quantitative estimate of drug-likeness (QED) is 0.820. The van der Waals surface area contributed by atoms with Crippen LogP contribution in [0.3, 0.4) is 0 Å². The van der Waals surface area contributed by atoms with E-state index in [1.54, 1.807) is 6.92 Å². The number of carbonyl (C=O) groups is 1. The number of nitrogens with one attached hydrogen (secondary N) is 2. The van der Waals surface area contributed by atoms with Crippen LogP contribution in [0, 0.1) is 12.3 Å². The van der Waals surface area contributed by atoms with Gasteiger partial charge in [-0.15, -0.1) is 0 Å². The van der Waals surface area contributed by atoms with E-state index in [9.17, 15) is 9.59 Å². The van der Waals surface area contributed by atoms with Crippen LogP contribution < -0.4 is 10.9 Å². The number of fused-ring (bicyclic) bond motifs is 1. The first-order valence-corrected chi connectivity index (χ1v) is 10.2. The van der Waals surface area contributed by atoms with Gasteiger partial charge in [-0.25, -0.2) is 4.98 Å². The van der Waals surface area contributed by atoms with Crippen molar-refractivity contribution in [3.8, 4) is 0 Å². The fraction of sp³-hybridized carbons (Fsp3) is 0.667. The highest BCUT2D eigenvalue weighted by molar-refractivity contribution is 6.06. The van der Waals surface area contributed by atoms with E-state index in [0.29, 0.717) is 16.7 Å². The molecule has 0 aromatic carbocycles. The first-order chi connectivity index (χ1) is 13.2. The first-order valence-electron chi connectivity index (χ1n) is 10.2. The number of rotatable bonds is 5. The Morgan fingerprint density at radius 1 is 1.36 bits per heavy atom. The third-order valence-electron chi connectivity index (χ3n) is 5.45. The normalized spacial score (nSPS) is 18.9. The lowest BCUT2D eigenvalue weighted by molar-refractivity contribution is 0.0933. The molecule has 28 heavy (non-hydrogen) atoms. The average molecular weight is 389 g/mol. The van der Waals surface area contributed by atoms with Gasteiger partial charge in [-0.1, -0.05) is 20.8 Å². The van der Waals surface area contributed by atoms with E-state index < -0.39 is 0 Å². The SMILES string of the molecule is Cc1oc2nc[nH]c(=O)c2c1C(=O)NC1CCCN(CCCC(C)(C)C)CC1. The molecular formula is C21H32N4O3. The van der Waals surface area contributed by atoms with Crippen LogP contribution in [0.4, 0.5) is 0 Å². The Labute approximate surface area is 165 Å². The Hall–Kier alpha value is -2.15. The van der Waals surface area contributed by atoms with Gasteiger partial charge in [0.25, 0.3) is 11.5 Å². The number of carbonyl (C=O) groups excluding carboxylic acids is 1. The van der Waals surface area contributed by atoms with Crippen LogP contribution in [0.1, 0.15) is 69.0 Å². The third kappa shape index (κ3) is 5.01. The molecule has 1 saturated heterocycles. The number of nitrogens with zero attached hydrogens (tertiary/aromatic N) is 2. The van der Waals surface area contributed by atoms with Crippen LogP contribution in [-0.2, 0) is 0 Å². The van der Waals surface area contributed by atoms with Crippen molar-refractivity contribution in [3.05, 3.63) is 28.0 Å². The minimum Gasteiger partial charge on any atom is -0.442 e. The van der Waals surface area contributed by atoms with E-state index in [4.69, 9.17) is 4.42 Å². The molecule has 2 aromatic heterocycles. The minimum absolute atomic E-state index is 0.111.